The zero-order valence-electron chi connectivity index (χ0n) is 11.4. The van der Waals surface area contributed by atoms with Crippen molar-refractivity contribution in [3.63, 3.8) is 0 Å². The molecule has 0 bridgehead atoms. The number of hydrogen-bond donors (Lipinski definition) is 3. The number of hydrogen-bond acceptors (Lipinski definition) is 4. The van der Waals surface area contributed by atoms with Crippen molar-refractivity contribution in [3.8, 4) is 5.75 Å². The van der Waals surface area contributed by atoms with E-state index in [0.717, 1.165) is 35.0 Å². The van der Waals surface area contributed by atoms with Crippen molar-refractivity contribution in [2.75, 3.05) is 0 Å². The van der Waals surface area contributed by atoms with Crippen LogP contribution in [0.25, 0.3) is 0 Å². The first-order valence-electron chi connectivity index (χ1n) is 6.64. The average molecular weight is 428 g/mol. The summed E-state index contributed by atoms with van der Waals surface area (Å²) >= 11 is 6.57. The molecule has 114 valence electrons. The molecule has 3 N–H and O–H groups in total. The Labute approximate surface area is 143 Å². The van der Waals surface area contributed by atoms with E-state index in [1.54, 1.807) is 12.1 Å². The van der Waals surface area contributed by atoms with Crippen LogP contribution in [-0.2, 0) is 12.8 Å². The summed E-state index contributed by atoms with van der Waals surface area (Å²) in [5.74, 6) is -0.300. The van der Waals surface area contributed by atoms with Gasteiger partial charge in [-0.3, -0.25) is 9.89 Å². The molecule has 8 heteroatoms. The first-order valence-corrected chi connectivity index (χ1v) is 8.22. The number of aromatic hydroxyl groups is 1. The predicted octanol–water partition coefficient (Wildman–Crippen LogP) is 2.89. The SMILES string of the molecule is O=C(N/N=C\c1cc(Br)cc(Br)c1O)c1n[nH]c2c1CCC2. The summed E-state index contributed by atoms with van der Waals surface area (Å²) < 4.78 is 1.33. The van der Waals surface area contributed by atoms with Crippen LogP contribution in [0.2, 0.25) is 0 Å². The maximum absolute atomic E-state index is 12.1. The second-order valence-corrected chi connectivity index (χ2v) is 6.68. The Bertz CT molecular complexity index is 770. The van der Waals surface area contributed by atoms with Gasteiger partial charge in [0.15, 0.2) is 5.69 Å². The predicted molar refractivity (Wildman–Crippen MR) is 89.2 cm³/mol. The molecule has 1 aliphatic carbocycles. The summed E-state index contributed by atoms with van der Waals surface area (Å²) in [6.45, 7) is 0. The Morgan fingerprint density at radius 1 is 1.41 bits per heavy atom. The summed E-state index contributed by atoms with van der Waals surface area (Å²) in [6, 6.07) is 3.42. The third kappa shape index (κ3) is 2.93. The third-order valence-electron chi connectivity index (χ3n) is 3.45. The topological polar surface area (TPSA) is 90.4 Å². The molecule has 0 spiro atoms. The van der Waals surface area contributed by atoms with E-state index in [0.29, 0.717) is 15.7 Å². The van der Waals surface area contributed by atoms with Gasteiger partial charge in [0.05, 0.1) is 10.7 Å². The first kappa shape index (κ1) is 15.2. The van der Waals surface area contributed by atoms with E-state index in [-0.39, 0.29) is 11.7 Å². The lowest BCUT2D eigenvalue weighted by atomic mass is 10.2. The number of rotatable bonds is 3. The van der Waals surface area contributed by atoms with Crippen molar-refractivity contribution < 1.29 is 9.90 Å². The van der Waals surface area contributed by atoms with Crippen molar-refractivity contribution in [1.82, 2.24) is 15.6 Å². The van der Waals surface area contributed by atoms with Gasteiger partial charge in [0.1, 0.15) is 5.75 Å². The summed E-state index contributed by atoms with van der Waals surface area (Å²) in [4.78, 5) is 12.1. The van der Waals surface area contributed by atoms with E-state index in [2.05, 4.69) is 52.6 Å². The smallest absolute Gasteiger partial charge is 0.292 e. The minimum atomic E-state index is -0.357. The molecule has 6 nitrogen and oxygen atoms in total. The Hall–Kier alpha value is -1.67. The zero-order valence-corrected chi connectivity index (χ0v) is 14.5. The van der Waals surface area contributed by atoms with Gasteiger partial charge in [-0.2, -0.15) is 10.2 Å². The second-order valence-electron chi connectivity index (χ2n) is 4.91. The molecule has 1 aliphatic rings. The maximum atomic E-state index is 12.1. The van der Waals surface area contributed by atoms with Gasteiger partial charge in [-0.1, -0.05) is 15.9 Å². The molecule has 0 aliphatic heterocycles. The number of aromatic nitrogens is 2. The van der Waals surface area contributed by atoms with Crippen molar-refractivity contribution in [1.29, 1.82) is 0 Å². The van der Waals surface area contributed by atoms with Crippen molar-refractivity contribution in [2.45, 2.75) is 19.3 Å². The van der Waals surface area contributed by atoms with E-state index in [9.17, 15) is 9.90 Å². The molecule has 2 aromatic rings. The molecule has 1 aromatic heterocycles. The van der Waals surface area contributed by atoms with Gasteiger partial charge in [0.2, 0.25) is 0 Å². The highest BCUT2D eigenvalue weighted by molar-refractivity contribution is 9.11. The fourth-order valence-corrected chi connectivity index (χ4v) is 3.66. The molecule has 22 heavy (non-hydrogen) atoms. The van der Waals surface area contributed by atoms with Crippen LogP contribution in [0.4, 0.5) is 0 Å². The van der Waals surface area contributed by atoms with Gasteiger partial charge in [-0.05, 0) is 47.3 Å². The fourth-order valence-electron chi connectivity index (χ4n) is 2.40. The average Bonchev–Trinajstić information content (AvgIpc) is 3.06. The number of amides is 1. The lowest BCUT2D eigenvalue weighted by molar-refractivity contribution is 0.0949. The minimum absolute atomic E-state index is 0.0573. The molecule has 1 amide bonds. The lowest BCUT2D eigenvalue weighted by Crippen LogP contribution is -2.19. The molecule has 0 atom stereocenters. The number of phenolic OH excluding ortho intramolecular Hbond substituents is 1. The number of aryl methyl sites for hydroxylation is 1. The number of nitrogens with one attached hydrogen (secondary N) is 2. The van der Waals surface area contributed by atoms with Gasteiger partial charge >= 0.3 is 0 Å². The number of nitrogens with zero attached hydrogens (tertiary/aromatic N) is 2. The molecule has 1 aromatic carbocycles. The first-order chi connectivity index (χ1) is 10.6. The van der Waals surface area contributed by atoms with E-state index in [4.69, 9.17) is 0 Å². The van der Waals surface area contributed by atoms with Gasteiger partial charge < -0.3 is 5.11 Å². The van der Waals surface area contributed by atoms with E-state index in [1.165, 1.54) is 6.21 Å². The summed E-state index contributed by atoms with van der Waals surface area (Å²) in [5, 5.41) is 20.7. The molecule has 1 heterocycles. The highest BCUT2D eigenvalue weighted by Crippen LogP contribution is 2.30. The molecule has 0 fully saturated rings. The number of aromatic amines is 1. The van der Waals surface area contributed by atoms with Crippen LogP contribution < -0.4 is 5.43 Å². The number of phenols is 1. The van der Waals surface area contributed by atoms with Crippen LogP contribution in [0.1, 0.15) is 33.7 Å². The maximum Gasteiger partial charge on any atom is 0.292 e. The molecular formula is C14H12Br2N4O2. The number of carbonyl (C=O) groups is 1. The van der Waals surface area contributed by atoms with Gasteiger partial charge in [0, 0.05) is 21.3 Å². The van der Waals surface area contributed by atoms with E-state index in [1.807, 2.05) is 0 Å². The standard InChI is InChI=1S/C14H12Br2N4O2/c15-8-4-7(13(21)10(16)5-8)6-17-20-14(22)12-9-2-1-3-11(9)18-19-12/h4-6,21H,1-3H2,(H,18,19)(H,20,22)/b17-6-. The number of hydrazone groups is 1. The zero-order chi connectivity index (χ0) is 15.7. The van der Waals surface area contributed by atoms with Crippen LogP contribution in [0, 0.1) is 0 Å². The van der Waals surface area contributed by atoms with Crippen LogP contribution in [0.3, 0.4) is 0 Å². The second kappa shape index (κ2) is 6.21. The van der Waals surface area contributed by atoms with Gasteiger partial charge in [-0.25, -0.2) is 5.43 Å². The normalized spacial score (nSPS) is 13.5. The number of H-pyrrole nitrogens is 1. The Balaban J connectivity index is 1.73. The van der Waals surface area contributed by atoms with Gasteiger partial charge in [-0.15, -0.1) is 0 Å². The third-order valence-corrected chi connectivity index (χ3v) is 4.51. The summed E-state index contributed by atoms with van der Waals surface area (Å²) in [7, 11) is 0. The van der Waals surface area contributed by atoms with Crippen molar-refractivity contribution in [3.05, 3.63) is 43.6 Å². The lowest BCUT2D eigenvalue weighted by Gasteiger charge is -2.03. The highest BCUT2D eigenvalue weighted by atomic mass is 79.9. The minimum Gasteiger partial charge on any atom is -0.506 e. The Morgan fingerprint density at radius 2 is 2.23 bits per heavy atom. The molecule has 0 saturated heterocycles. The van der Waals surface area contributed by atoms with Crippen LogP contribution in [0.15, 0.2) is 26.2 Å². The largest absolute Gasteiger partial charge is 0.506 e. The number of carbonyl (C=O) groups excluding carboxylic acids is 1. The fraction of sp³-hybridized carbons (Fsp3) is 0.214. The number of benzene rings is 1. The molecule has 0 unspecified atom stereocenters. The van der Waals surface area contributed by atoms with Crippen molar-refractivity contribution >= 4 is 44.0 Å². The molecule has 0 saturated carbocycles. The van der Waals surface area contributed by atoms with Crippen LogP contribution in [0.5, 0.6) is 5.75 Å². The summed E-state index contributed by atoms with van der Waals surface area (Å²) in [6.07, 6.45) is 4.21. The van der Waals surface area contributed by atoms with Gasteiger partial charge in [0.25, 0.3) is 5.91 Å². The number of fused-ring (bicyclic) bond motifs is 1. The van der Waals surface area contributed by atoms with E-state index < -0.39 is 0 Å². The molecule has 3 rings (SSSR count). The number of halogens is 2. The monoisotopic (exact) mass is 426 g/mol. The van der Waals surface area contributed by atoms with E-state index >= 15 is 0 Å². The quantitative estimate of drug-likeness (QED) is 0.519. The van der Waals surface area contributed by atoms with Crippen LogP contribution in [-0.4, -0.2) is 27.4 Å². The van der Waals surface area contributed by atoms with Crippen molar-refractivity contribution in [2.24, 2.45) is 5.10 Å². The Kier molecular flexibility index (Phi) is 4.30. The summed E-state index contributed by atoms with van der Waals surface area (Å²) in [5.41, 5.74) is 5.31. The molecule has 0 radical (unpaired) electrons. The Morgan fingerprint density at radius 3 is 3.05 bits per heavy atom. The molecular weight excluding hydrogens is 416 g/mol. The van der Waals surface area contributed by atoms with Crippen LogP contribution >= 0.6 is 31.9 Å². The highest BCUT2D eigenvalue weighted by Gasteiger charge is 2.22.